The van der Waals surface area contributed by atoms with E-state index in [0.717, 1.165) is 91.8 Å². The number of benzene rings is 1. The number of unbranched alkanes of at least 4 members (excludes halogenated alkanes) is 2. The number of alkyl halides is 1. The van der Waals surface area contributed by atoms with Crippen molar-refractivity contribution in [1.29, 1.82) is 0 Å². The summed E-state index contributed by atoms with van der Waals surface area (Å²) in [4.78, 5) is 6.22. The van der Waals surface area contributed by atoms with Gasteiger partial charge in [0.2, 0.25) is 12.1 Å². The van der Waals surface area contributed by atoms with Crippen LogP contribution in [0.3, 0.4) is 0 Å². The number of oxime groups is 1. The third-order valence-corrected chi connectivity index (χ3v) is 11.2. The Hall–Kier alpha value is -3.22. The second-order valence-electron chi connectivity index (χ2n) is 14.2. The standard InChI is InChI=1S/C40H55ClN4O7/c1-3-21-48-30-16-17-35-33(25-30)38-31(14-6-9-20-47)28(12-5-8-19-46)24-32-34(43-52-37-15-7-10-23-49-37)26-36(40(51-35,39(32)38)50-22-4-2)45-29(13-11-18-41)27-42-44-45/h3-4,16-17,24-25,27-28,31,36-39,46-47H,1-2,5-15,18-23,26H2/t28-,31+,36-,37?,38+,39+,40+/m0/s1. The van der Waals surface area contributed by atoms with E-state index in [0.29, 0.717) is 38.4 Å². The maximum atomic E-state index is 9.87. The predicted octanol–water partition coefficient (Wildman–Crippen LogP) is 7.05. The smallest absolute Gasteiger partial charge is 0.241 e. The van der Waals surface area contributed by atoms with Gasteiger partial charge >= 0.3 is 0 Å². The molecule has 2 N–H and O–H groups in total. The summed E-state index contributed by atoms with van der Waals surface area (Å²) < 4.78 is 28.3. The van der Waals surface area contributed by atoms with Crippen LogP contribution in [0.15, 0.2) is 66.5 Å². The Morgan fingerprint density at radius 3 is 2.63 bits per heavy atom. The van der Waals surface area contributed by atoms with Crippen LogP contribution in [0.4, 0.5) is 0 Å². The van der Waals surface area contributed by atoms with Gasteiger partial charge in [0.25, 0.3) is 0 Å². The van der Waals surface area contributed by atoms with E-state index in [1.807, 2.05) is 16.8 Å². The number of aliphatic hydroxyl groups is 2. The number of rotatable bonds is 20. The lowest BCUT2D eigenvalue weighted by Gasteiger charge is -2.58. The van der Waals surface area contributed by atoms with Gasteiger partial charge in [0.15, 0.2) is 0 Å². The molecule has 52 heavy (non-hydrogen) atoms. The predicted molar refractivity (Wildman–Crippen MR) is 200 cm³/mol. The van der Waals surface area contributed by atoms with Crippen LogP contribution in [0.5, 0.6) is 11.5 Å². The van der Waals surface area contributed by atoms with Crippen molar-refractivity contribution in [2.24, 2.45) is 22.9 Å². The van der Waals surface area contributed by atoms with Gasteiger partial charge in [0.1, 0.15) is 24.1 Å². The summed E-state index contributed by atoms with van der Waals surface area (Å²) in [6.45, 7) is 9.44. The average Bonchev–Trinajstić information content (AvgIpc) is 3.64. The Morgan fingerprint density at radius 2 is 1.88 bits per heavy atom. The molecule has 1 aromatic heterocycles. The molecule has 0 bridgehead atoms. The Kier molecular flexibility index (Phi) is 13.8. The van der Waals surface area contributed by atoms with Crippen molar-refractivity contribution in [2.75, 3.05) is 38.9 Å². The molecule has 284 valence electrons. The number of aryl methyl sites for hydroxylation is 1. The van der Waals surface area contributed by atoms with E-state index in [9.17, 15) is 10.2 Å². The molecule has 1 saturated carbocycles. The number of fused-ring (bicyclic) bond motifs is 2. The van der Waals surface area contributed by atoms with E-state index >= 15 is 0 Å². The van der Waals surface area contributed by atoms with E-state index < -0.39 is 18.1 Å². The Morgan fingerprint density at radius 1 is 1.06 bits per heavy atom. The fourth-order valence-corrected chi connectivity index (χ4v) is 8.83. The van der Waals surface area contributed by atoms with Gasteiger partial charge in [0, 0.05) is 43.4 Å². The van der Waals surface area contributed by atoms with Gasteiger partial charge in [-0.05, 0) is 87.0 Å². The van der Waals surface area contributed by atoms with Crippen molar-refractivity contribution in [2.45, 2.75) is 101 Å². The van der Waals surface area contributed by atoms with E-state index in [4.69, 9.17) is 40.5 Å². The lowest BCUT2D eigenvalue weighted by Crippen LogP contribution is -2.63. The maximum Gasteiger partial charge on any atom is 0.241 e. The normalized spacial score (nSPS) is 28.7. The van der Waals surface area contributed by atoms with Crippen molar-refractivity contribution in [3.8, 4) is 11.5 Å². The Bertz CT molecular complexity index is 1540. The van der Waals surface area contributed by atoms with Gasteiger partial charge in [-0.3, -0.25) is 0 Å². The van der Waals surface area contributed by atoms with Crippen LogP contribution in [-0.2, 0) is 20.7 Å². The van der Waals surface area contributed by atoms with Crippen LogP contribution < -0.4 is 9.47 Å². The lowest BCUT2D eigenvalue weighted by atomic mass is 9.55. The largest absolute Gasteiger partial charge is 0.490 e. The van der Waals surface area contributed by atoms with Crippen molar-refractivity contribution in [3.05, 3.63) is 72.6 Å². The average molecular weight is 739 g/mol. The summed E-state index contributed by atoms with van der Waals surface area (Å²) >= 11 is 6.18. The summed E-state index contributed by atoms with van der Waals surface area (Å²) in [6, 6.07) is 5.58. The SMILES string of the molecule is C=CCOc1ccc2c(c1)[C@H]1[C@H](CCCCO)[C@@H](CCCCO)C=C3C(=NOC4CCCCO4)C[C@H](n4nncc4CCCCl)[C@@](OCC=C)(O2)[C@H]31. The highest BCUT2D eigenvalue weighted by atomic mass is 35.5. The molecule has 6 rings (SSSR count). The molecular weight excluding hydrogens is 684 g/mol. The topological polar surface area (TPSA) is 130 Å². The highest BCUT2D eigenvalue weighted by Gasteiger charge is 2.65. The molecular formula is C40H55ClN4O7. The summed E-state index contributed by atoms with van der Waals surface area (Å²) in [5.41, 5.74) is 3.84. The second-order valence-corrected chi connectivity index (χ2v) is 14.6. The van der Waals surface area contributed by atoms with E-state index in [2.05, 4.69) is 35.6 Å². The number of nitrogens with zero attached hydrogens (tertiary/aromatic N) is 4. The summed E-state index contributed by atoms with van der Waals surface area (Å²) in [7, 11) is 0. The number of ether oxygens (including phenoxy) is 4. The highest BCUT2D eigenvalue weighted by Crippen LogP contribution is 2.63. The minimum atomic E-state index is -1.21. The number of halogens is 1. The lowest BCUT2D eigenvalue weighted by molar-refractivity contribution is -0.252. The molecule has 0 spiro atoms. The minimum Gasteiger partial charge on any atom is -0.490 e. The third-order valence-electron chi connectivity index (χ3n) is 10.9. The molecule has 0 amide bonds. The maximum absolute atomic E-state index is 9.87. The molecule has 1 saturated heterocycles. The molecule has 2 aliphatic carbocycles. The molecule has 0 radical (unpaired) electrons. The van der Waals surface area contributed by atoms with E-state index in [-0.39, 0.29) is 43.5 Å². The highest BCUT2D eigenvalue weighted by molar-refractivity contribution is 6.17. The molecule has 4 aliphatic rings. The van der Waals surface area contributed by atoms with Crippen LogP contribution >= 0.6 is 11.6 Å². The Balaban J connectivity index is 1.57. The summed E-state index contributed by atoms with van der Waals surface area (Å²) in [5, 5.41) is 33.6. The fourth-order valence-electron chi connectivity index (χ4n) is 8.69. The number of allylic oxidation sites excluding steroid dienone is 1. The van der Waals surface area contributed by atoms with Crippen LogP contribution in [0.2, 0.25) is 0 Å². The second kappa shape index (κ2) is 18.7. The molecule has 12 heteroatoms. The van der Waals surface area contributed by atoms with E-state index in [1.165, 1.54) is 0 Å². The zero-order valence-corrected chi connectivity index (χ0v) is 31.0. The molecule has 1 aromatic carbocycles. The van der Waals surface area contributed by atoms with E-state index in [1.54, 1.807) is 18.3 Å². The van der Waals surface area contributed by atoms with Crippen molar-refractivity contribution < 1.29 is 34.0 Å². The molecule has 2 aromatic rings. The first-order valence-corrected chi connectivity index (χ1v) is 19.7. The quantitative estimate of drug-likeness (QED) is 0.0636. The first-order chi connectivity index (χ1) is 25.6. The number of aliphatic hydroxyl groups excluding tert-OH is 2. The molecule has 2 aliphatic heterocycles. The fraction of sp³-hybridized carbons (Fsp3) is 0.625. The van der Waals surface area contributed by atoms with Gasteiger partial charge in [0.05, 0.1) is 36.7 Å². The molecule has 1 unspecified atom stereocenters. The summed E-state index contributed by atoms with van der Waals surface area (Å²) in [6.07, 6.45) is 17.0. The number of hydrogen-bond acceptors (Lipinski definition) is 10. The van der Waals surface area contributed by atoms with Crippen LogP contribution in [0.25, 0.3) is 0 Å². The third kappa shape index (κ3) is 8.29. The monoisotopic (exact) mass is 738 g/mol. The first kappa shape index (κ1) is 38.5. The van der Waals surface area contributed by atoms with Crippen molar-refractivity contribution in [1.82, 2.24) is 15.0 Å². The molecule has 3 heterocycles. The summed E-state index contributed by atoms with van der Waals surface area (Å²) in [5.74, 6) is 0.712. The Labute approximate surface area is 312 Å². The molecule has 7 atom stereocenters. The van der Waals surface area contributed by atoms with Gasteiger partial charge in [-0.2, -0.15) is 0 Å². The zero-order chi connectivity index (χ0) is 36.3. The van der Waals surface area contributed by atoms with Crippen LogP contribution in [0.1, 0.15) is 93.8 Å². The molecule has 11 nitrogen and oxygen atoms in total. The van der Waals surface area contributed by atoms with Gasteiger partial charge in [-0.25, -0.2) is 4.68 Å². The molecule has 2 fully saturated rings. The van der Waals surface area contributed by atoms with Crippen molar-refractivity contribution in [3.63, 3.8) is 0 Å². The van der Waals surface area contributed by atoms with Gasteiger partial charge in [-0.1, -0.05) is 48.0 Å². The van der Waals surface area contributed by atoms with Gasteiger partial charge < -0.3 is 34.0 Å². The number of aromatic nitrogens is 3. The van der Waals surface area contributed by atoms with Crippen molar-refractivity contribution >= 4 is 17.3 Å². The zero-order valence-electron chi connectivity index (χ0n) is 30.3. The van der Waals surface area contributed by atoms with Gasteiger partial charge in [-0.15, -0.1) is 23.3 Å². The first-order valence-electron chi connectivity index (χ1n) is 19.1. The minimum absolute atomic E-state index is 0.0765. The van der Waals surface area contributed by atoms with Crippen LogP contribution in [0, 0.1) is 17.8 Å². The number of hydrogen-bond donors (Lipinski definition) is 2. The van der Waals surface area contributed by atoms with Crippen LogP contribution in [-0.4, -0.2) is 81.9 Å².